The van der Waals surface area contributed by atoms with E-state index in [4.69, 9.17) is 4.74 Å². The van der Waals surface area contributed by atoms with Crippen LogP contribution in [-0.4, -0.2) is 61.9 Å². The van der Waals surface area contributed by atoms with E-state index in [1.165, 1.54) is 0 Å². The van der Waals surface area contributed by atoms with Crippen molar-refractivity contribution < 1.29 is 18.8 Å². The summed E-state index contributed by atoms with van der Waals surface area (Å²) in [5, 5.41) is 5.79. The molecule has 0 aromatic heterocycles. The summed E-state index contributed by atoms with van der Waals surface area (Å²) in [7, 11) is 5.94. The number of amides is 2. The van der Waals surface area contributed by atoms with Crippen molar-refractivity contribution in [3.63, 3.8) is 0 Å². The van der Waals surface area contributed by atoms with Gasteiger partial charge in [-0.2, -0.15) is 0 Å². The summed E-state index contributed by atoms with van der Waals surface area (Å²) in [6, 6.07) is 0.258. The van der Waals surface area contributed by atoms with E-state index >= 15 is 0 Å². The molecule has 1 aliphatic rings. The van der Waals surface area contributed by atoms with Gasteiger partial charge in [-0.05, 0) is 33.6 Å². The molecule has 0 spiro atoms. The predicted octanol–water partition coefficient (Wildman–Crippen LogP) is 0.865. The van der Waals surface area contributed by atoms with Crippen LogP contribution >= 0.6 is 0 Å². The van der Waals surface area contributed by atoms with Gasteiger partial charge in [-0.1, -0.05) is 0 Å². The van der Waals surface area contributed by atoms with E-state index in [2.05, 4.69) is 10.6 Å². The minimum absolute atomic E-state index is 0.0539. The number of nitrogens with zero attached hydrogens (tertiary/aromatic N) is 1. The lowest BCUT2D eigenvalue weighted by Gasteiger charge is -2.37. The van der Waals surface area contributed by atoms with E-state index in [1.54, 1.807) is 0 Å². The minimum atomic E-state index is -0.480. The summed E-state index contributed by atoms with van der Waals surface area (Å²) >= 11 is 0. The lowest BCUT2D eigenvalue weighted by Crippen LogP contribution is -2.56. The Morgan fingerprint density at radius 1 is 1.10 bits per heavy atom. The van der Waals surface area contributed by atoms with E-state index in [0.29, 0.717) is 11.0 Å². The van der Waals surface area contributed by atoms with Crippen molar-refractivity contribution in [3.8, 4) is 0 Å². The number of carbonyl (C=O) groups is 2. The molecule has 0 heterocycles. The Morgan fingerprint density at radius 3 is 2.05 bits per heavy atom. The first-order chi connectivity index (χ1) is 8.94. The molecule has 6 nitrogen and oxygen atoms in total. The number of likely N-dealkylation sites (N-methyl/N-ethyl adjacent to an activating group) is 1. The number of rotatable bonds is 4. The fourth-order valence-electron chi connectivity index (χ4n) is 2.03. The second-order valence-electron chi connectivity index (χ2n) is 7.53. The Balaban J connectivity index is 2.20. The van der Waals surface area contributed by atoms with Crippen LogP contribution in [0.1, 0.15) is 33.6 Å². The monoisotopic (exact) mass is 286 g/mol. The maximum atomic E-state index is 11.7. The lowest BCUT2D eigenvalue weighted by molar-refractivity contribution is -0.862. The van der Waals surface area contributed by atoms with Crippen molar-refractivity contribution in [2.24, 2.45) is 0 Å². The fourth-order valence-corrected chi connectivity index (χ4v) is 2.03. The molecule has 1 fully saturated rings. The maximum Gasteiger partial charge on any atom is 0.407 e. The zero-order valence-corrected chi connectivity index (χ0v) is 13.4. The van der Waals surface area contributed by atoms with Crippen LogP contribution in [0.15, 0.2) is 0 Å². The normalized spacial score (nSPS) is 22.7. The summed E-state index contributed by atoms with van der Waals surface area (Å²) in [4.78, 5) is 23.3. The molecule has 0 aromatic carbocycles. The number of quaternary nitrogens is 1. The molecule has 0 aromatic rings. The predicted molar refractivity (Wildman–Crippen MR) is 77.2 cm³/mol. The van der Waals surface area contributed by atoms with Gasteiger partial charge in [-0.15, -0.1) is 0 Å². The second kappa shape index (κ2) is 5.99. The largest absolute Gasteiger partial charge is 0.444 e. The summed E-state index contributed by atoms with van der Waals surface area (Å²) in [6.45, 7) is 5.96. The molecule has 0 unspecified atom stereocenters. The highest BCUT2D eigenvalue weighted by atomic mass is 16.6. The molecule has 1 rings (SSSR count). The van der Waals surface area contributed by atoms with Gasteiger partial charge in [0.1, 0.15) is 5.60 Å². The van der Waals surface area contributed by atoms with Crippen LogP contribution in [0.3, 0.4) is 0 Å². The third-order valence-corrected chi connectivity index (χ3v) is 2.84. The smallest absolute Gasteiger partial charge is 0.407 e. The molecule has 116 valence electrons. The second-order valence-corrected chi connectivity index (χ2v) is 7.53. The summed E-state index contributed by atoms with van der Waals surface area (Å²) in [5.74, 6) is 0.0539. The summed E-state index contributed by atoms with van der Waals surface area (Å²) in [6.07, 6.45) is 1.14. The van der Waals surface area contributed by atoms with Crippen molar-refractivity contribution in [1.82, 2.24) is 10.6 Å². The van der Waals surface area contributed by atoms with E-state index in [-0.39, 0.29) is 18.0 Å². The third-order valence-electron chi connectivity index (χ3n) is 2.84. The van der Waals surface area contributed by atoms with Crippen LogP contribution in [0.4, 0.5) is 4.79 Å². The molecule has 1 saturated carbocycles. The standard InChI is InChI=1S/C14H27N3O3/c1-14(2,3)20-13(19)16-11-7-10(8-11)15-12(18)9-17(4,5)6/h10-11H,7-9H2,1-6H3,(H-,15,16,18,19)/p+1. The third kappa shape index (κ3) is 6.75. The first-order valence-electron chi connectivity index (χ1n) is 7.04. The van der Waals surface area contributed by atoms with Gasteiger partial charge in [0.15, 0.2) is 6.54 Å². The lowest BCUT2D eigenvalue weighted by atomic mass is 9.87. The van der Waals surface area contributed by atoms with Crippen molar-refractivity contribution in [2.45, 2.75) is 51.3 Å². The van der Waals surface area contributed by atoms with Crippen molar-refractivity contribution in [3.05, 3.63) is 0 Å². The molecular weight excluding hydrogens is 258 g/mol. The van der Waals surface area contributed by atoms with Crippen molar-refractivity contribution in [2.75, 3.05) is 27.7 Å². The van der Waals surface area contributed by atoms with E-state index < -0.39 is 11.7 Å². The number of carbonyl (C=O) groups excluding carboxylic acids is 2. The average Bonchev–Trinajstić information content (AvgIpc) is 2.07. The highest BCUT2D eigenvalue weighted by Gasteiger charge is 2.33. The number of ether oxygens (including phenoxy) is 1. The van der Waals surface area contributed by atoms with E-state index in [9.17, 15) is 9.59 Å². The Hall–Kier alpha value is -1.30. The van der Waals surface area contributed by atoms with Crippen LogP contribution in [-0.2, 0) is 9.53 Å². The van der Waals surface area contributed by atoms with Gasteiger partial charge in [-0.3, -0.25) is 4.79 Å². The number of alkyl carbamates (subject to hydrolysis) is 1. The molecule has 2 N–H and O–H groups in total. The number of hydrogen-bond acceptors (Lipinski definition) is 3. The van der Waals surface area contributed by atoms with Gasteiger partial charge in [-0.25, -0.2) is 4.79 Å². The molecule has 0 bridgehead atoms. The van der Waals surface area contributed by atoms with Crippen LogP contribution in [0.2, 0.25) is 0 Å². The fraction of sp³-hybridized carbons (Fsp3) is 0.857. The molecule has 0 aliphatic heterocycles. The topological polar surface area (TPSA) is 67.4 Å². The molecule has 0 saturated heterocycles. The van der Waals surface area contributed by atoms with Gasteiger partial charge < -0.3 is 19.9 Å². The molecule has 0 radical (unpaired) electrons. The SMILES string of the molecule is CC(C)(C)OC(=O)NC1CC(NC(=O)C[N+](C)(C)C)C1. The molecule has 1 aliphatic carbocycles. The highest BCUT2D eigenvalue weighted by molar-refractivity contribution is 5.77. The summed E-state index contributed by atoms with van der Waals surface area (Å²) < 4.78 is 5.80. The van der Waals surface area contributed by atoms with Crippen molar-refractivity contribution >= 4 is 12.0 Å². The van der Waals surface area contributed by atoms with E-state index in [0.717, 1.165) is 12.8 Å². The van der Waals surface area contributed by atoms with Gasteiger partial charge in [0.05, 0.1) is 21.1 Å². The maximum absolute atomic E-state index is 11.7. The molecule has 6 heteroatoms. The average molecular weight is 286 g/mol. The molecular formula is C14H28N3O3+. The van der Waals surface area contributed by atoms with Gasteiger partial charge in [0, 0.05) is 12.1 Å². The van der Waals surface area contributed by atoms with Crippen LogP contribution in [0.25, 0.3) is 0 Å². The van der Waals surface area contributed by atoms with Crippen LogP contribution < -0.4 is 10.6 Å². The van der Waals surface area contributed by atoms with Crippen LogP contribution in [0, 0.1) is 0 Å². The molecule has 2 amide bonds. The quantitative estimate of drug-likeness (QED) is 0.753. The van der Waals surface area contributed by atoms with Gasteiger partial charge >= 0.3 is 6.09 Å². The van der Waals surface area contributed by atoms with E-state index in [1.807, 2.05) is 41.9 Å². The zero-order chi connectivity index (χ0) is 15.6. The number of nitrogens with one attached hydrogen (secondary N) is 2. The Labute approximate surface area is 121 Å². The highest BCUT2D eigenvalue weighted by Crippen LogP contribution is 2.20. The van der Waals surface area contributed by atoms with Crippen molar-refractivity contribution in [1.29, 1.82) is 0 Å². The summed E-state index contributed by atoms with van der Waals surface area (Å²) in [5.41, 5.74) is -0.480. The first-order valence-corrected chi connectivity index (χ1v) is 7.04. The van der Waals surface area contributed by atoms with Gasteiger partial charge in [0.25, 0.3) is 5.91 Å². The first kappa shape index (κ1) is 16.8. The Morgan fingerprint density at radius 2 is 1.60 bits per heavy atom. The molecule has 20 heavy (non-hydrogen) atoms. The zero-order valence-electron chi connectivity index (χ0n) is 13.4. The Bertz CT molecular complexity index is 329. The Kier molecular flexibility index (Phi) is 5.02. The van der Waals surface area contributed by atoms with Gasteiger partial charge in [0.2, 0.25) is 0 Å². The number of hydrogen-bond donors (Lipinski definition) is 2. The minimum Gasteiger partial charge on any atom is -0.444 e. The molecule has 0 atom stereocenters. The van der Waals surface area contributed by atoms with Crippen LogP contribution in [0.5, 0.6) is 0 Å².